The number of benzene rings is 3. The molecule has 0 aliphatic heterocycles. The Morgan fingerprint density at radius 1 is 0.774 bits per heavy atom. The molecule has 0 fully saturated rings. The van der Waals surface area contributed by atoms with Gasteiger partial charge in [-0.3, -0.25) is 0 Å². The van der Waals surface area contributed by atoms with Crippen molar-refractivity contribution < 1.29 is 8.98 Å². The molecular weight excluding hydrogens is 380 g/mol. The van der Waals surface area contributed by atoms with E-state index in [1.807, 2.05) is 6.07 Å². The van der Waals surface area contributed by atoms with Crippen molar-refractivity contribution in [1.82, 2.24) is 4.57 Å². The molecule has 0 unspecified atom stereocenters. The summed E-state index contributed by atoms with van der Waals surface area (Å²) in [5.41, 5.74) is 7.84. The zero-order valence-corrected chi connectivity index (χ0v) is 18.3. The van der Waals surface area contributed by atoms with Gasteiger partial charge in [0.1, 0.15) is 18.1 Å². The second-order valence-corrected chi connectivity index (χ2v) is 9.35. The van der Waals surface area contributed by atoms with Crippen molar-refractivity contribution in [2.75, 3.05) is 0 Å². The molecule has 3 heterocycles. The van der Waals surface area contributed by atoms with E-state index in [1.165, 1.54) is 33.0 Å². The summed E-state index contributed by atoms with van der Waals surface area (Å²) in [6.07, 6.45) is 0. The number of para-hydroxylation sites is 3. The maximum atomic E-state index is 6.55. The van der Waals surface area contributed by atoms with Crippen molar-refractivity contribution in [2.45, 2.75) is 26.2 Å². The third kappa shape index (κ3) is 2.43. The summed E-state index contributed by atoms with van der Waals surface area (Å²) in [5.74, 6) is 0. The van der Waals surface area contributed by atoms with Crippen molar-refractivity contribution >= 4 is 43.9 Å². The van der Waals surface area contributed by atoms with E-state index in [1.54, 1.807) is 0 Å². The molecule has 0 aliphatic rings. The van der Waals surface area contributed by atoms with Gasteiger partial charge < -0.3 is 8.98 Å². The van der Waals surface area contributed by atoms with Crippen molar-refractivity contribution in [1.29, 1.82) is 0 Å². The third-order valence-electron chi connectivity index (χ3n) is 6.29. The number of nitrogens with zero attached hydrogens (tertiary/aromatic N) is 2. The lowest BCUT2D eigenvalue weighted by Crippen LogP contribution is -2.40. The van der Waals surface area contributed by atoms with Crippen molar-refractivity contribution in [2.24, 2.45) is 7.05 Å². The van der Waals surface area contributed by atoms with Gasteiger partial charge in [-0.05, 0) is 30.3 Å². The Morgan fingerprint density at radius 2 is 1.42 bits per heavy atom. The average molecular weight is 406 g/mol. The van der Waals surface area contributed by atoms with Crippen molar-refractivity contribution in [3.8, 4) is 5.69 Å². The fourth-order valence-corrected chi connectivity index (χ4v) is 5.19. The summed E-state index contributed by atoms with van der Waals surface area (Å²) < 4.78 is 11.3. The van der Waals surface area contributed by atoms with Gasteiger partial charge in [-0.25, -0.2) is 0 Å². The van der Waals surface area contributed by atoms with Crippen molar-refractivity contribution in [3.63, 3.8) is 0 Å². The van der Waals surface area contributed by atoms with Crippen LogP contribution >= 0.6 is 0 Å². The summed E-state index contributed by atoms with van der Waals surface area (Å²) in [7, 11) is 2.18. The van der Waals surface area contributed by atoms with E-state index in [0.717, 1.165) is 22.2 Å². The van der Waals surface area contributed by atoms with Crippen LogP contribution in [-0.4, -0.2) is 4.57 Å². The molecule has 31 heavy (non-hydrogen) atoms. The number of pyridine rings is 1. The molecule has 0 aliphatic carbocycles. The van der Waals surface area contributed by atoms with Gasteiger partial charge in [0.05, 0.1) is 21.7 Å². The first-order valence-corrected chi connectivity index (χ1v) is 10.8. The molecule has 152 valence electrons. The van der Waals surface area contributed by atoms with Crippen LogP contribution in [0.5, 0.6) is 0 Å². The van der Waals surface area contributed by atoms with Crippen LogP contribution in [0.2, 0.25) is 0 Å². The lowest BCUT2D eigenvalue weighted by Gasteiger charge is -2.17. The van der Waals surface area contributed by atoms with E-state index in [-0.39, 0.29) is 5.41 Å². The zero-order chi connectivity index (χ0) is 21.3. The number of furan rings is 1. The van der Waals surface area contributed by atoms with E-state index in [2.05, 4.69) is 110 Å². The number of hydrogen-bond donors (Lipinski definition) is 0. The number of fused-ring (bicyclic) bond motifs is 7. The van der Waals surface area contributed by atoms with Gasteiger partial charge in [-0.15, -0.1) is 0 Å². The SMILES string of the molecule is C[n+]1c(C(C)(C)C)c2oc3ccccc3c2c2c1c1ccccc1n2-c1ccccc1. The zero-order valence-electron chi connectivity index (χ0n) is 18.3. The predicted octanol–water partition coefficient (Wildman–Crippen LogP) is 6.81. The van der Waals surface area contributed by atoms with Crippen LogP contribution < -0.4 is 4.57 Å². The summed E-state index contributed by atoms with van der Waals surface area (Å²) in [6.45, 7) is 6.78. The highest BCUT2D eigenvalue weighted by molar-refractivity contribution is 6.22. The molecule has 3 aromatic carbocycles. The molecule has 0 saturated heterocycles. The molecule has 3 nitrogen and oxygen atoms in total. The van der Waals surface area contributed by atoms with Crippen LogP contribution in [0, 0.1) is 0 Å². The first-order valence-electron chi connectivity index (χ1n) is 10.8. The largest absolute Gasteiger partial charge is 0.449 e. The van der Waals surface area contributed by atoms with Gasteiger partial charge in [0.25, 0.3) is 0 Å². The van der Waals surface area contributed by atoms with Crippen molar-refractivity contribution in [3.05, 3.63) is 84.6 Å². The Bertz CT molecular complexity index is 1610. The van der Waals surface area contributed by atoms with Crippen LogP contribution in [0.15, 0.2) is 83.3 Å². The summed E-state index contributed by atoms with van der Waals surface area (Å²) in [5, 5.41) is 3.60. The fraction of sp³-hybridized carbons (Fsp3) is 0.179. The second kappa shape index (κ2) is 6.21. The molecule has 0 radical (unpaired) electrons. The van der Waals surface area contributed by atoms with E-state index < -0.39 is 0 Å². The minimum absolute atomic E-state index is 0.0784. The number of hydrogen-bond acceptors (Lipinski definition) is 1. The Balaban J connectivity index is 2.01. The van der Waals surface area contributed by atoms with Crippen LogP contribution in [0.3, 0.4) is 0 Å². The Kier molecular flexibility index (Phi) is 3.64. The third-order valence-corrected chi connectivity index (χ3v) is 6.29. The molecule has 0 N–H and O–H groups in total. The van der Waals surface area contributed by atoms with Gasteiger partial charge >= 0.3 is 0 Å². The Hall–Kier alpha value is -3.59. The molecule has 6 rings (SSSR count). The van der Waals surface area contributed by atoms with Crippen LogP contribution in [0.4, 0.5) is 0 Å². The Morgan fingerprint density at radius 3 is 2.16 bits per heavy atom. The monoisotopic (exact) mass is 405 g/mol. The van der Waals surface area contributed by atoms with E-state index in [4.69, 9.17) is 4.42 Å². The minimum atomic E-state index is -0.0784. The number of aromatic nitrogens is 2. The van der Waals surface area contributed by atoms with E-state index in [9.17, 15) is 0 Å². The van der Waals surface area contributed by atoms with Crippen LogP contribution in [0.25, 0.3) is 49.6 Å². The maximum absolute atomic E-state index is 6.55. The average Bonchev–Trinajstić information content (AvgIpc) is 3.29. The standard InChI is InChI=1S/C28H25N2O/c1-28(2,3)27-26-23(20-15-9-11-17-22(20)31-26)25-24(29(27)4)19-14-8-10-16-21(19)30(25)18-12-6-5-7-13-18/h5-17H,1-4H3/q+1. The van der Waals surface area contributed by atoms with Gasteiger partial charge in [0.15, 0.2) is 0 Å². The lowest BCUT2D eigenvalue weighted by molar-refractivity contribution is -0.654. The van der Waals surface area contributed by atoms with Crippen LogP contribution in [-0.2, 0) is 12.5 Å². The van der Waals surface area contributed by atoms with Gasteiger partial charge in [-0.1, -0.05) is 69.3 Å². The normalized spacial score (nSPS) is 12.5. The quantitative estimate of drug-likeness (QED) is 0.276. The van der Waals surface area contributed by atoms with Gasteiger partial charge in [0.2, 0.25) is 16.8 Å². The smallest absolute Gasteiger partial charge is 0.239 e. The molecule has 0 spiro atoms. The summed E-state index contributed by atoms with van der Waals surface area (Å²) >= 11 is 0. The highest BCUT2D eigenvalue weighted by atomic mass is 16.3. The molecule has 3 heteroatoms. The highest BCUT2D eigenvalue weighted by Gasteiger charge is 2.35. The molecule has 0 atom stereocenters. The van der Waals surface area contributed by atoms with E-state index >= 15 is 0 Å². The first kappa shape index (κ1) is 18.2. The van der Waals surface area contributed by atoms with Gasteiger partial charge in [0, 0.05) is 11.1 Å². The molecule has 0 amide bonds. The maximum Gasteiger partial charge on any atom is 0.239 e. The molecular formula is C28H25N2O+. The lowest BCUT2D eigenvalue weighted by atomic mass is 9.89. The first-order chi connectivity index (χ1) is 15.0. The fourth-order valence-electron chi connectivity index (χ4n) is 5.19. The molecule has 3 aromatic heterocycles. The molecule has 6 aromatic rings. The van der Waals surface area contributed by atoms with Gasteiger partial charge in [-0.2, -0.15) is 4.57 Å². The molecule has 0 bridgehead atoms. The topological polar surface area (TPSA) is 21.9 Å². The Labute approximate surface area is 181 Å². The highest BCUT2D eigenvalue weighted by Crippen LogP contribution is 2.42. The number of rotatable bonds is 1. The summed E-state index contributed by atoms with van der Waals surface area (Å²) in [6, 6.07) is 27.7. The predicted molar refractivity (Wildman–Crippen MR) is 128 cm³/mol. The second-order valence-electron chi connectivity index (χ2n) is 9.35. The minimum Gasteiger partial charge on any atom is -0.449 e. The summed E-state index contributed by atoms with van der Waals surface area (Å²) in [4.78, 5) is 0. The number of aryl methyl sites for hydroxylation is 1. The van der Waals surface area contributed by atoms with E-state index in [0.29, 0.717) is 0 Å². The molecule has 0 saturated carbocycles. The van der Waals surface area contributed by atoms with Crippen LogP contribution in [0.1, 0.15) is 26.5 Å².